The lowest BCUT2D eigenvalue weighted by atomic mass is 10.3. The number of rotatable bonds is 3. The molecule has 2 heterocycles. The van der Waals surface area contributed by atoms with E-state index in [0.717, 1.165) is 24.6 Å². The molecule has 0 unspecified atom stereocenters. The number of β-amino-alcohol motifs (C(OH)–C–C–N with tert-alkyl or cyclic N) is 1. The SMILES string of the molecule is Cc1ccoc1CS[C@@H]1CNC[C@H]1O. The lowest BCUT2D eigenvalue weighted by molar-refractivity contribution is 0.201. The molecule has 0 saturated carbocycles. The second-order valence-corrected chi connectivity index (χ2v) is 4.83. The van der Waals surface area contributed by atoms with Crippen molar-refractivity contribution in [3.63, 3.8) is 0 Å². The molecular formula is C10H15NO2S. The maximum absolute atomic E-state index is 9.57. The summed E-state index contributed by atoms with van der Waals surface area (Å²) in [6.07, 6.45) is 1.50. The number of furan rings is 1. The molecule has 0 radical (unpaired) electrons. The van der Waals surface area contributed by atoms with Crippen molar-refractivity contribution >= 4 is 11.8 Å². The van der Waals surface area contributed by atoms with Gasteiger partial charge in [-0.15, -0.1) is 11.8 Å². The predicted octanol–water partition coefficient (Wildman–Crippen LogP) is 1.15. The molecule has 0 aliphatic carbocycles. The van der Waals surface area contributed by atoms with Crippen molar-refractivity contribution in [3.8, 4) is 0 Å². The minimum Gasteiger partial charge on any atom is -0.468 e. The van der Waals surface area contributed by atoms with Crippen LogP contribution in [0.4, 0.5) is 0 Å². The van der Waals surface area contributed by atoms with E-state index in [0.29, 0.717) is 5.25 Å². The topological polar surface area (TPSA) is 45.4 Å². The highest BCUT2D eigenvalue weighted by Gasteiger charge is 2.25. The number of hydrogen-bond acceptors (Lipinski definition) is 4. The molecule has 1 aliphatic heterocycles. The average molecular weight is 213 g/mol. The average Bonchev–Trinajstić information content (AvgIpc) is 2.72. The van der Waals surface area contributed by atoms with Crippen molar-refractivity contribution in [3.05, 3.63) is 23.7 Å². The maximum atomic E-state index is 9.57. The van der Waals surface area contributed by atoms with Gasteiger partial charge in [-0.3, -0.25) is 0 Å². The van der Waals surface area contributed by atoms with Crippen LogP contribution in [0, 0.1) is 6.92 Å². The molecule has 2 atom stereocenters. The van der Waals surface area contributed by atoms with Crippen molar-refractivity contribution in [1.29, 1.82) is 0 Å². The lowest BCUT2D eigenvalue weighted by Crippen LogP contribution is -2.20. The summed E-state index contributed by atoms with van der Waals surface area (Å²) in [5, 5.41) is 13.0. The largest absolute Gasteiger partial charge is 0.468 e. The Kier molecular flexibility index (Phi) is 3.15. The molecule has 4 heteroatoms. The summed E-state index contributed by atoms with van der Waals surface area (Å²) < 4.78 is 5.34. The van der Waals surface area contributed by atoms with E-state index in [9.17, 15) is 5.11 Å². The van der Waals surface area contributed by atoms with Crippen LogP contribution < -0.4 is 5.32 Å². The summed E-state index contributed by atoms with van der Waals surface area (Å²) in [7, 11) is 0. The first-order valence-corrected chi connectivity index (χ1v) is 5.85. The van der Waals surface area contributed by atoms with Crippen LogP contribution in [-0.2, 0) is 5.75 Å². The summed E-state index contributed by atoms with van der Waals surface area (Å²) in [6.45, 7) is 3.66. The van der Waals surface area contributed by atoms with E-state index in [1.807, 2.05) is 13.0 Å². The molecule has 14 heavy (non-hydrogen) atoms. The molecule has 0 aromatic carbocycles. The molecule has 1 aromatic heterocycles. The van der Waals surface area contributed by atoms with E-state index in [2.05, 4.69) is 5.32 Å². The Morgan fingerprint density at radius 2 is 2.50 bits per heavy atom. The molecule has 78 valence electrons. The quantitative estimate of drug-likeness (QED) is 0.790. The van der Waals surface area contributed by atoms with Crippen LogP contribution in [-0.4, -0.2) is 29.5 Å². The van der Waals surface area contributed by atoms with Gasteiger partial charge in [0.1, 0.15) is 5.76 Å². The first kappa shape index (κ1) is 10.1. The fraction of sp³-hybridized carbons (Fsp3) is 0.600. The number of aliphatic hydroxyl groups excluding tert-OH is 1. The van der Waals surface area contributed by atoms with Crippen molar-refractivity contribution in [2.75, 3.05) is 13.1 Å². The standard InChI is InChI=1S/C10H15NO2S/c1-7-2-3-13-9(7)6-14-10-5-11-4-8(10)12/h2-3,8,10-12H,4-6H2,1H3/t8-,10-/m1/s1. The van der Waals surface area contributed by atoms with Gasteiger partial charge in [-0.2, -0.15) is 0 Å². The maximum Gasteiger partial charge on any atom is 0.116 e. The molecule has 0 spiro atoms. The Hall–Kier alpha value is -0.450. The molecule has 0 amide bonds. The number of aryl methyl sites for hydroxylation is 1. The summed E-state index contributed by atoms with van der Waals surface area (Å²) in [4.78, 5) is 0. The Bertz CT molecular complexity index is 300. The summed E-state index contributed by atoms with van der Waals surface area (Å²) in [5.74, 6) is 1.87. The van der Waals surface area contributed by atoms with Gasteiger partial charge in [-0.05, 0) is 18.6 Å². The van der Waals surface area contributed by atoms with Gasteiger partial charge >= 0.3 is 0 Å². The molecular weight excluding hydrogens is 198 g/mol. The van der Waals surface area contributed by atoms with Crippen molar-refractivity contribution < 1.29 is 9.52 Å². The van der Waals surface area contributed by atoms with Gasteiger partial charge in [-0.1, -0.05) is 0 Å². The highest BCUT2D eigenvalue weighted by molar-refractivity contribution is 7.99. The first-order valence-electron chi connectivity index (χ1n) is 4.80. The summed E-state index contributed by atoms with van der Waals surface area (Å²) in [5.41, 5.74) is 1.19. The molecule has 2 N–H and O–H groups in total. The van der Waals surface area contributed by atoms with Crippen LogP contribution in [0.3, 0.4) is 0 Å². The van der Waals surface area contributed by atoms with Crippen LogP contribution in [0.15, 0.2) is 16.7 Å². The minimum atomic E-state index is -0.213. The van der Waals surface area contributed by atoms with E-state index in [1.54, 1.807) is 18.0 Å². The van der Waals surface area contributed by atoms with E-state index in [4.69, 9.17) is 4.42 Å². The number of aliphatic hydroxyl groups is 1. The normalized spacial score (nSPS) is 27.0. The third-order valence-electron chi connectivity index (χ3n) is 2.52. The third kappa shape index (κ3) is 2.13. The Morgan fingerprint density at radius 3 is 3.07 bits per heavy atom. The lowest BCUT2D eigenvalue weighted by Gasteiger charge is -2.11. The van der Waals surface area contributed by atoms with Gasteiger partial charge in [0.2, 0.25) is 0 Å². The van der Waals surface area contributed by atoms with E-state index >= 15 is 0 Å². The summed E-state index contributed by atoms with van der Waals surface area (Å²) >= 11 is 1.76. The Labute approximate surface area is 87.9 Å². The zero-order valence-corrected chi connectivity index (χ0v) is 9.01. The van der Waals surface area contributed by atoms with Crippen molar-refractivity contribution in [2.45, 2.75) is 24.0 Å². The van der Waals surface area contributed by atoms with Crippen LogP contribution in [0.1, 0.15) is 11.3 Å². The predicted molar refractivity (Wildman–Crippen MR) is 57.4 cm³/mol. The molecule has 3 nitrogen and oxygen atoms in total. The van der Waals surface area contributed by atoms with Crippen molar-refractivity contribution in [1.82, 2.24) is 5.32 Å². The zero-order chi connectivity index (χ0) is 9.97. The fourth-order valence-electron chi connectivity index (χ4n) is 1.55. The zero-order valence-electron chi connectivity index (χ0n) is 8.19. The van der Waals surface area contributed by atoms with Gasteiger partial charge < -0.3 is 14.8 Å². The molecule has 0 bridgehead atoms. The van der Waals surface area contributed by atoms with Gasteiger partial charge in [0.25, 0.3) is 0 Å². The monoisotopic (exact) mass is 213 g/mol. The Morgan fingerprint density at radius 1 is 1.64 bits per heavy atom. The van der Waals surface area contributed by atoms with Gasteiger partial charge in [0.15, 0.2) is 0 Å². The second kappa shape index (κ2) is 4.38. The molecule has 1 aliphatic rings. The van der Waals surface area contributed by atoms with Gasteiger partial charge in [0, 0.05) is 18.3 Å². The Balaban J connectivity index is 1.85. The highest BCUT2D eigenvalue weighted by Crippen LogP contribution is 2.24. The molecule has 2 rings (SSSR count). The molecule has 1 fully saturated rings. The highest BCUT2D eigenvalue weighted by atomic mass is 32.2. The smallest absolute Gasteiger partial charge is 0.116 e. The van der Waals surface area contributed by atoms with Gasteiger partial charge in [0.05, 0.1) is 18.1 Å². The number of hydrogen-bond donors (Lipinski definition) is 2. The molecule has 1 saturated heterocycles. The number of thioether (sulfide) groups is 1. The van der Waals surface area contributed by atoms with Crippen LogP contribution in [0.2, 0.25) is 0 Å². The number of nitrogens with one attached hydrogen (secondary N) is 1. The van der Waals surface area contributed by atoms with E-state index < -0.39 is 0 Å². The van der Waals surface area contributed by atoms with Crippen LogP contribution in [0.25, 0.3) is 0 Å². The summed E-state index contributed by atoms with van der Waals surface area (Å²) in [6, 6.07) is 1.97. The third-order valence-corrected chi connectivity index (χ3v) is 3.86. The van der Waals surface area contributed by atoms with E-state index in [1.165, 1.54) is 5.56 Å². The second-order valence-electron chi connectivity index (χ2n) is 3.60. The fourth-order valence-corrected chi connectivity index (χ4v) is 2.76. The minimum absolute atomic E-state index is 0.213. The van der Waals surface area contributed by atoms with Gasteiger partial charge in [-0.25, -0.2) is 0 Å². The molecule has 1 aromatic rings. The van der Waals surface area contributed by atoms with E-state index in [-0.39, 0.29) is 6.10 Å². The van der Waals surface area contributed by atoms with Crippen molar-refractivity contribution in [2.24, 2.45) is 0 Å². The first-order chi connectivity index (χ1) is 6.77. The van der Waals surface area contributed by atoms with Crippen LogP contribution in [0.5, 0.6) is 0 Å². The van der Waals surface area contributed by atoms with Crippen LogP contribution >= 0.6 is 11.8 Å².